The molecule has 0 saturated carbocycles. The van der Waals surface area contributed by atoms with Gasteiger partial charge in [-0.2, -0.15) is 5.10 Å². The number of rotatable bonds is 5. The number of nitrogens with one attached hydrogen (secondary N) is 1. The van der Waals surface area contributed by atoms with Crippen molar-refractivity contribution >= 4 is 44.0 Å². The Hall–Kier alpha value is -2.48. The van der Waals surface area contributed by atoms with E-state index in [0.717, 1.165) is 15.6 Å². The first kappa shape index (κ1) is 22.2. The smallest absolute Gasteiger partial charge is 0.281 e. The maximum Gasteiger partial charge on any atom is 0.281 e. The van der Waals surface area contributed by atoms with Crippen LogP contribution >= 0.6 is 31.9 Å². The highest BCUT2D eigenvalue weighted by molar-refractivity contribution is 9.11. The van der Waals surface area contributed by atoms with E-state index >= 15 is 0 Å². The highest BCUT2D eigenvalue weighted by Gasteiger charge is 2.40. The number of amides is 1. The number of aryl methyl sites for hydroxylation is 2. The van der Waals surface area contributed by atoms with Gasteiger partial charge in [0.15, 0.2) is 5.60 Å². The lowest BCUT2D eigenvalue weighted by molar-refractivity contribution is -0.136. The maximum absolute atomic E-state index is 13.1. The molecule has 5 nitrogen and oxygen atoms in total. The Bertz CT molecular complexity index is 1050. The quantitative estimate of drug-likeness (QED) is 0.323. The predicted octanol–water partition coefficient (Wildman–Crippen LogP) is 4.92. The van der Waals surface area contributed by atoms with Gasteiger partial charge in [-0.25, -0.2) is 5.43 Å². The first-order valence-corrected chi connectivity index (χ1v) is 10.7. The Balaban J connectivity index is 1.95. The standard InChI is InChI=1S/C23H20Br2N2O3/c1-14-3-7-17(8-4-14)23(30,18-9-5-15(2)6-10-18)22(29)27-26-13-16-11-19(24)12-20(25)21(16)28/h3-13,28,30H,1-2H3,(H,27,29). The van der Waals surface area contributed by atoms with Crippen molar-refractivity contribution in [2.45, 2.75) is 19.4 Å². The molecule has 3 aromatic carbocycles. The van der Waals surface area contributed by atoms with Crippen LogP contribution in [0.4, 0.5) is 0 Å². The monoisotopic (exact) mass is 530 g/mol. The van der Waals surface area contributed by atoms with Crippen molar-refractivity contribution in [3.8, 4) is 5.75 Å². The van der Waals surface area contributed by atoms with Crippen LogP contribution in [0.1, 0.15) is 27.8 Å². The second kappa shape index (κ2) is 9.12. The van der Waals surface area contributed by atoms with E-state index < -0.39 is 11.5 Å². The molecule has 3 rings (SSSR count). The first-order chi connectivity index (χ1) is 14.2. The molecule has 0 atom stereocenters. The summed E-state index contributed by atoms with van der Waals surface area (Å²) in [6.45, 7) is 3.86. The molecule has 7 heteroatoms. The average Bonchev–Trinajstić information content (AvgIpc) is 2.71. The minimum atomic E-state index is -1.93. The average molecular weight is 532 g/mol. The van der Waals surface area contributed by atoms with Crippen LogP contribution in [0.5, 0.6) is 5.75 Å². The number of hydrogen-bond acceptors (Lipinski definition) is 4. The third kappa shape index (κ3) is 4.64. The first-order valence-electron chi connectivity index (χ1n) is 9.10. The molecule has 0 aromatic heterocycles. The zero-order valence-corrected chi connectivity index (χ0v) is 19.5. The van der Waals surface area contributed by atoms with Crippen LogP contribution in [0.3, 0.4) is 0 Å². The predicted molar refractivity (Wildman–Crippen MR) is 125 cm³/mol. The van der Waals surface area contributed by atoms with Gasteiger partial charge in [-0.1, -0.05) is 75.6 Å². The van der Waals surface area contributed by atoms with E-state index in [2.05, 4.69) is 42.4 Å². The molecule has 1 amide bonds. The molecule has 30 heavy (non-hydrogen) atoms. The van der Waals surface area contributed by atoms with E-state index in [0.29, 0.717) is 21.2 Å². The van der Waals surface area contributed by atoms with E-state index in [1.54, 1.807) is 36.4 Å². The van der Waals surface area contributed by atoms with Crippen LogP contribution in [-0.4, -0.2) is 22.3 Å². The molecule has 0 aliphatic carbocycles. The van der Waals surface area contributed by atoms with Crippen LogP contribution in [0, 0.1) is 13.8 Å². The molecular formula is C23H20Br2N2O3. The van der Waals surface area contributed by atoms with Crippen LogP contribution in [0.25, 0.3) is 0 Å². The number of phenolic OH excluding ortho intramolecular Hbond substituents is 1. The molecule has 0 unspecified atom stereocenters. The second-order valence-corrected chi connectivity index (χ2v) is 8.74. The van der Waals surface area contributed by atoms with Crippen LogP contribution in [-0.2, 0) is 10.4 Å². The highest BCUT2D eigenvalue weighted by atomic mass is 79.9. The summed E-state index contributed by atoms with van der Waals surface area (Å²) < 4.78 is 1.22. The number of aliphatic hydroxyl groups is 1. The second-order valence-electron chi connectivity index (χ2n) is 6.97. The molecular weight excluding hydrogens is 512 g/mol. The fourth-order valence-corrected chi connectivity index (χ4v) is 4.20. The Morgan fingerprint density at radius 2 is 1.47 bits per heavy atom. The summed E-state index contributed by atoms with van der Waals surface area (Å²) in [7, 11) is 0. The molecule has 0 fully saturated rings. The fraction of sp³-hybridized carbons (Fsp3) is 0.130. The molecule has 0 spiro atoms. The number of carbonyl (C=O) groups excluding carboxylic acids is 1. The zero-order valence-electron chi connectivity index (χ0n) is 16.4. The van der Waals surface area contributed by atoms with Gasteiger partial charge in [0.05, 0.1) is 10.7 Å². The van der Waals surface area contributed by atoms with Crippen LogP contribution < -0.4 is 5.43 Å². The lowest BCUT2D eigenvalue weighted by Gasteiger charge is -2.27. The van der Waals surface area contributed by atoms with Gasteiger partial charge in [0.1, 0.15) is 5.75 Å². The van der Waals surface area contributed by atoms with Crippen molar-refractivity contribution < 1.29 is 15.0 Å². The number of halogens is 2. The van der Waals surface area contributed by atoms with Crippen LogP contribution in [0.15, 0.2) is 74.7 Å². The lowest BCUT2D eigenvalue weighted by Crippen LogP contribution is -2.43. The summed E-state index contributed by atoms with van der Waals surface area (Å²) in [5.74, 6) is -0.719. The van der Waals surface area contributed by atoms with E-state index in [1.165, 1.54) is 6.21 Å². The number of aromatic hydroxyl groups is 1. The van der Waals surface area contributed by atoms with Crippen molar-refractivity contribution in [2.75, 3.05) is 0 Å². The van der Waals surface area contributed by atoms with Gasteiger partial charge >= 0.3 is 0 Å². The van der Waals surface area contributed by atoms with Gasteiger partial charge in [0.2, 0.25) is 0 Å². The summed E-state index contributed by atoms with van der Waals surface area (Å²) >= 11 is 6.60. The summed E-state index contributed by atoms with van der Waals surface area (Å²) in [5.41, 5.74) is 3.75. The Kier molecular flexibility index (Phi) is 6.75. The van der Waals surface area contributed by atoms with Crippen LogP contribution in [0.2, 0.25) is 0 Å². The molecule has 0 saturated heterocycles. The number of phenols is 1. The topological polar surface area (TPSA) is 81.9 Å². The number of carbonyl (C=O) groups is 1. The molecule has 0 aliphatic heterocycles. The van der Waals surface area contributed by atoms with Crippen molar-refractivity contribution in [1.29, 1.82) is 0 Å². The van der Waals surface area contributed by atoms with E-state index in [9.17, 15) is 15.0 Å². The number of nitrogens with zero attached hydrogens (tertiary/aromatic N) is 1. The van der Waals surface area contributed by atoms with Gasteiger partial charge < -0.3 is 10.2 Å². The summed E-state index contributed by atoms with van der Waals surface area (Å²) in [4.78, 5) is 13.1. The van der Waals surface area contributed by atoms with Crippen molar-refractivity contribution in [2.24, 2.45) is 5.10 Å². The maximum atomic E-state index is 13.1. The SMILES string of the molecule is Cc1ccc(C(O)(C(=O)NN=Cc2cc(Br)cc(Br)c2O)c2ccc(C)cc2)cc1. The lowest BCUT2D eigenvalue weighted by atomic mass is 9.85. The van der Waals surface area contributed by atoms with Crippen molar-refractivity contribution in [3.05, 3.63) is 97.4 Å². The van der Waals surface area contributed by atoms with Gasteiger partial charge in [-0.15, -0.1) is 0 Å². The number of benzene rings is 3. The van der Waals surface area contributed by atoms with E-state index in [1.807, 2.05) is 38.1 Å². The van der Waals surface area contributed by atoms with Gasteiger partial charge in [0.25, 0.3) is 5.91 Å². The van der Waals surface area contributed by atoms with Gasteiger partial charge in [-0.3, -0.25) is 4.79 Å². The molecule has 0 heterocycles. The normalized spacial score (nSPS) is 11.6. The third-order valence-corrected chi connectivity index (χ3v) is 5.76. The number of hydrogen-bond donors (Lipinski definition) is 3. The fourth-order valence-electron chi connectivity index (χ4n) is 2.94. The third-order valence-electron chi connectivity index (χ3n) is 4.69. The summed E-state index contributed by atoms with van der Waals surface area (Å²) in [6.07, 6.45) is 1.31. The Labute approximate surface area is 191 Å². The summed E-state index contributed by atoms with van der Waals surface area (Å²) in [5, 5.41) is 25.6. The van der Waals surface area contributed by atoms with Gasteiger partial charge in [0, 0.05) is 10.0 Å². The molecule has 3 N–H and O–H groups in total. The molecule has 0 bridgehead atoms. The van der Waals surface area contributed by atoms with E-state index in [4.69, 9.17) is 0 Å². The molecule has 3 aromatic rings. The summed E-state index contributed by atoms with van der Waals surface area (Å²) in [6, 6.07) is 17.6. The molecule has 154 valence electrons. The Morgan fingerprint density at radius 1 is 0.967 bits per heavy atom. The molecule has 0 aliphatic rings. The molecule has 0 radical (unpaired) electrons. The minimum absolute atomic E-state index is 0.0106. The number of hydrazone groups is 1. The Morgan fingerprint density at radius 3 is 1.97 bits per heavy atom. The van der Waals surface area contributed by atoms with Crippen molar-refractivity contribution in [1.82, 2.24) is 5.43 Å². The van der Waals surface area contributed by atoms with Crippen molar-refractivity contribution in [3.63, 3.8) is 0 Å². The largest absolute Gasteiger partial charge is 0.506 e. The van der Waals surface area contributed by atoms with E-state index in [-0.39, 0.29) is 5.75 Å². The van der Waals surface area contributed by atoms with Gasteiger partial charge in [-0.05, 0) is 53.0 Å². The minimum Gasteiger partial charge on any atom is -0.506 e. The highest BCUT2D eigenvalue weighted by Crippen LogP contribution is 2.32. The zero-order chi connectivity index (χ0) is 21.9.